The van der Waals surface area contributed by atoms with Gasteiger partial charge >= 0.3 is 0 Å². The summed E-state index contributed by atoms with van der Waals surface area (Å²) < 4.78 is 13.5. The first-order valence-electron chi connectivity index (χ1n) is 5.50. The summed E-state index contributed by atoms with van der Waals surface area (Å²) in [4.78, 5) is 11.9. The monoisotopic (exact) mass is 273 g/mol. The second kappa shape index (κ2) is 5.74. The minimum Gasteiger partial charge on any atom is -0.349 e. The van der Waals surface area contributed by atoms with E-state index in [2.05, 4.69) is 5.32 Å². The molecule has 0 spiro atoms. The van der Waals surface area contributed by atoms with Crippen molar-refractivity contribution in [3.05, 3.63) is 34.6 Å². The summed E-state index contributed by atoms with van der Waals surface area (Å²) in [6, 6.07) is 4.17. The van der Waals surface area contributed by atoms with Gasteiger partial charge in [0.25, 0.3) is 5.91 Å². The zero-order chi connectivity index (χ0) is 12.3. The number of hydrogen-bond acceptors (Lipinski definition) is 2. The molecule has 1 fully saturated rings. The standard InChI is InChI=1S/C12H13ClFNOS/c13-8-1-2-11(14)10(7-8)12(16)15-9-3-5-17-6-4-9/h1-2,7,9H,3-6H2,(H,15,16). The van der Waals surface area contributed by atoms with Gasteiger partial charge in [-0.05, 0) is 42.5 Å². The molecule has 1 heterocycles. The summed E-state index contributed by atoms with van der Waals surface area (Å²) in [6.07, 6.45) is 1.89. The van der Waals surface area contributed by atoms with E-state index in [1.165, 1.54) is 18.2 Å². The van der Waals surface area contributed by atoms with Gasteiger partial charge in [0.1, 0.15) is 5.82 Å². The van der Waals surface area contributed by atoms with E-state index in [-0.39, 0.29) is 17.5 Å². The lowest BCUT2D eigenvalue weighted by Crippen LogP contribution is -2.37. The molecule has 2 rings (SSSR count). The topological polar surface area (TPSA) is 29.1 Å². The van der Waals surface area contributed by atoms with Gasteiger partial charge in [-0.2, -0.15) is 11.8 Å². The number of carbonyl (C=O) groups is 1. The maximum Gasteiger partial charge on any atom is 0.254 e. The molecule has 0 unspecified atom stereocenters. The minimum absolute atomic E-state index is 0.0238. The highest BCUT2D eigenvalue weighted by molar-refractivity contribution is 7.99. The van der Waals surface area contributed by atoms with Crippen LogP contribution in [0.1, 0.15) is 23.2 Å². The van der Waals surface area contributed by atoms with Gasteiger partial charge < -0.3 is 5.32 Å². The molecule has 0 atom stereocenters. The van der Waals surface area contributed by atoms with Gasteiger partial charge in [-0.25, -0.2) is 4.39 Å². The number of carbonyl (C=O) groups excluding carboxylic acids is 1. The third-order valence-corrected chi connectivity index (χ3v) is 4.01. The van der Waals surface area contributed by atoms with E-state index in [0.717, 1.165) is 24.3 Å². The first-order chi connectivity index (χ1) is 8.16. The van der Waals surface area contributed by atoms with E-state index in [9.17, 15) is 9.18 Å². The fourth-order valence-electron chi connectivity index (χ4n) is 1.78. The first-order valence-corrected chi connectivity index (χ1v) is 7.04. The number of rotatable bonds is 2. The Kier molecular flexibility index (Phi) is 4.29. The normalized spacial score (nSPS) is 16.8. The second-order valence-corrected chi connectivity index (χ2v) is 5.65. The van der Waals surface area contributed by atoms with Crippen molar-refractivity contribution < 1.29 is 9.18 Å². The Morgan fingerprint density at radius 1 is 1.41 bits per heavy atom. The van der Waals surface area contributed by atoms with Crippen molar-refractivity contribution in [3.8, 4) is 0 Å². The molecule has 1 saturated heterocycles. The molecule has 0 saturated carbocycles. The average Bonchev–Trinajstić information content (AvgIpc) is 2.33. The third-order valence-electron chi connectivity index (χ3n) is 2.73. The van der Waals surface area contributed by atoms with Crippen LogP contribution < -0.4 is 5.32 Å². The van der Waals surface area contributed by atoms with Crippen molar-refractivity contribution in [2.24, 2.45) is 0 Å². The summed E-state index contributed by atoms with van der Waals surface area (Å²) in [6.45, 7) is 0. The molecule has 0 radical (unpaired) electrons. The van der Waals surface area contributed by atoms with Crippen molar-refractivity contribution in [1.29, 1.82) is 0 Å². The van der Waals surface area contributed by atoms with Crippen molar-refractivity contribution in [3.63, 3.8) is 0 Å². The van der Waals surface area contributed by atoms with Gasteiger partial charge in [0.05, 0.1) is 5.56 Å². The zero-order valence-corrected chi connectivity index (χ0v) is 10.8. The van der Waals surface area contributed by atoms with E-state index in [4.69, 9.17) is 11.6 Å². The van der Waals surface area contributed by atoms with Crippen molar-refractivity contribution in [2.45, 2.75) is 18.9 Å². The van der Waals surface area contributed by atoms with E-state index in [1.54, 1.807) is 0 Å². The molecule has 92 valence electrons. The number of thioether (sulfide) groups is 1. The van der Waals surface area contributed by atoms with Crippen LogP contribution in [-0.4, -0.2) is 23.5 Å². The van der Waals surface area contributed by atoms with Gasteiger partial charge in [-0.1, -0.05) is 11.6 Å². The third kappa shape index (κ3) is 3.36. The predicted octanol–water partition coefficient (Wildman–Crippen LogP) is 3.10. The first kappa shape index (κ1) is 12.7. The summed E-state index contributed by atoms with van der Waals surface area (Å²) in [5.74, 6) is 1.19. The van der Waals surface area contributed by atoms with E-state index in [1.807, 2.05) is 11.8 Å². The minimum atomic E-state index is -0.530. The molecule has 1 aromatic rings. The summed E-state index contributed by atoms with van der Waals surface area (Å²) >= 11 is 7.63. The molecule has 1 N–H and O–H groups in total. The van der Waals surface area contributed by atoms with Gasteiger partial charge in [-0.15, -0.1) is 0 Å². The zero-order valence-electron chi connectivity index (χ0n) is 9.21. The smallest absolute Gasteiger partial charge is 0.254 e. The molecule has 1 aliphatic rings. The van der Waals surface area contributed by atoms with Crippen LogP contribution in [0, 0.1) is 5.82 Å². The Bertz CT molecular complexity index is 421. The van der Waals surface area contributed by atoms with E-state index < -0.39 is 5.82 Å². The van der Waals surface area contributed by atoms with Crippen LogP contribution in [0.5, 0.6) is 0 Å². The van der Waals surface area contributed by atoms with Gasteiger partial charge in [0.15, 0.2) is 0 Å². The maximum absolute atomic E-state index is 13.5. The molecule has 0 aliphatic carbocycles. The van der Waals surface area contributed by atoms with Crippen LogP contribution in [0.25, 0.3) is 0 Å². The lowest BCUT2D eigenvalue weighted by atomic mass is 10.1. The molecular formula is C12H13ClFNOS. The van der Waals surface area contributed by atoms with Crippen LogP contribution in [0.3, 0.4) is 0 Å². The molecule has 1 aliphatic heterocycles. The van der Waals surface area contributed by atoms with Gasteiger partial charge in [0.2, 0.25) is 0 Å². The van der Waals surface area contributed by atoms with E-state index >= 15 is 0 Å². The van der Waals surface area contributed by atoms with E-state index in [0.29, 0.717) is 5.02 Å². The Morgan fingerprint density at radius 3 is 2.82 bits per heavy atom. The van der Waals surface area contributed by atoms with Gasteiger partial charge in [-0.3, -0.25) is 4.79 Å². The number of benzene rings is 1. The Morgan fingerprint density at radius 2 is 2.12 bits per heavy atom. The van der Waals surface area contributed by atoms with Crippen LogP contribution in [-0.2, 0) is 0 Å². The highest BCUT2D eigenvalue weighted by atomic mass is 35.5. The molecule has 1 aromatic carbocycles. The summed E-state index contributed by atoms with van der Waals surface area (Å²) in [5.41, 5.74) is 0.0238. The van der Waals surface area contributed by atoms with Crippen molar-refractivity contribution in [2.75, 3.05) is 11.5 Å². The largest absolute Gasteiger partial charge is 0.349 e. The van der Waals surface area contributed by atoms with Crippen LogP contribution >= 0.6 is 23.4 Å². The molecule has 5 heteroatoms. The molecule has 17 heavy (non-hydrogen) atoms. The van der Waals surface area contributed by atoms with Crippen LogP contribution in [0.15, 0.2) is 18.2 Å². The molecule has 0 aromatic heterocycles. The van der Waals surface area contributed by atoms with Crippen LogP contribution in [0.2, 0.25) is 5.02 Å². The molecular weight excluding hydrogens is 261 g/mol. The lowest BCUT2D eigenvalue weighted by molar-refractivity contribution is 0.0931. The molecule has 1 amide bonds. The average molecular weight is 274 g/mol. The van der Waals surface area contributed by atoms with Crippen molar-refractivity contribution >= 4 is 29.3 Å². The number of amides is 1. The Balaban J connectivity index is 2.05. The molecule has 0 bridgehead atoms. The second-order valence-electron chi connectivity index (χ2n) is 3.98. The Hall–Kier alpha value is -0.740. The highest BCUT2D eigenvalue weighted by Gasteiger charge is 2.19. The number of halogens is 2. The fourth-order valence-corrected chi connectivity index (χ4v) is 3.06. The van der Waals surface area contributed by atoms with Crippen molar-refractivity contribution in [1.82, 2.24) is 5.32 Å². The lowest BCUT2D eigenvalue weighted by Gasteiger charge is -2.22. The number of nitrogens with one attached hydrogen (secondary N) is 1. The predicted molar refractivity (Wildman–Crippen MR) is 69.2 cm³/mol. The quantitative estimate of drug-likeness (QED) is 0.897. The SMILES string of the molecule is O=C(NC1CCSCC1)c1cc(Cl)ccc1F. The Labute approximate surface area is 109 Å². The summed E-state index contributed by atoms with van der Waals surface area (Å²) in [5, 5.41) is 3.22. The fraction of sp³-hybridized carbons (Fsp3) is 0.417. The van der Waals surface area contributed by atoms with Gasteiger partial charge in [0, 0.05) is 11.1 Å². The maximum atomic E-state index is 13.5. The highest BCUT2D eigenvalue weighted by Crippen LogP contribution is 2.19. The van der Waals surface area contributed by atoms with Crippen LogP contribution in [0.4, 0.5) is 4.39 Å². The molecule has 2 nitrogen and oxygen atoms in total. The summed E-state index contributed by atoms with van der Waals surface area (Å²) in [7, 11) is 0. The number of hydrogen-bond donors (Lipinski definition) is 1.